The summed E-state index contributed by atoms with van der Waals surface area (Å²) in [6.07, 6.45) is 1.48. The van der Waals surface area contributed by atoms with Gasteiger partial charge in [0.15, 0.2) is 11.6 Å². The lowest BCUT2D eigenvalue weighted by Crippen LogP contribution is -2.52. The number of anilines is 1. The van der Waals surface area contributed by atoms with Gasteiger partial charge in [-0.05, 0) is 50.1 Å². The normalized spacial score (nSPS) is 13.1. The monoisotopic (exact) mass is 499 g/mol. The van der Waals surface area contributed by atoms with Crippen LogP contribution in [-0.2, 0) is 26.2 Å². The number of sulfonamides is 1. The van der Waals surface area contributed by atoms with Crippen LogP contribution in [0, 0.1) is 17.5 Å². The molecule has 0 radical (unpaired) electrons. The minimum absolute atomic E-state index is 0.108. The average Bonchev–Trinajstić information content (AvgIpc) is 2.77. The van der Waals surface area contributed by atoms with Gasteiger partial charge >= 0.3 is 0 Å². The molecule has 1 N–H and O–H groups in total. The van der Waals surface area contributed by atoms with Crippen molar-refractivity contribution in [1.82, 2.24) is 10.2 Å². The van der Waals surface area contributed by atoms with Crippen molar-refractivity contribution in [3.8, 4) is 0 Å². The summed E-state index contributed by atoms with van der Waals surface area (Å²) in [5.74, 6) is -4.14. The van der Waals surface area contributed by atoms with Gasteiger partial charge in [-0.15, -0.1) is 0 Å². The van der Waals surface area contributed by atoms with E-state index in [0.29, 0.717) is 22.4 Å². The average molecular weight is 500 g/mol. The number of rotatable bonds is 10. The Bertz CT molecular complexity index is 1130. The lowest BCUT2D eigenvalue weighted by molar-refractivity contribution is -0.139. The molecular formula is C23H28F3N3O4S. The van der Waals surface area contributed by atoms with Gasteiger partial charge < -0.3 is 10.2 Å². The molecule has 7 nitrogen and oxygen atoms in total. The second kappa shape index (κ2) is 11.4. The molecule has 0 aliphatic heterocycles. The Morgan fingerprint density at radius 2 is 1.62 bits per heavy atom. The molecule has 0 aliphatic rings. The number of carbonyl (C=O) groups is 2. The van der Waals surface area contributed by atoms with Gasteiger partial charge in [0.25, 0.3) is 0 Å². The Morgan fingerprint density at radius 3 is 2.15 bits per heavy atom. The molecule has 0 spiro atoms. The minimum atomic E-state index is -4.08. The van der Waals surface area contributed by atoms with E-state index in [4.69, 9.17) is 0 Å². The second-order valence-corrected chi connectivity index (χ2v) is 9.92. The standard InChI is InChI=1S/C23H28F3N3O4S/c1-5-15(2)27-23(31)16(3)28(13-17-6-8-18(24)9-7-17)22(30)14-29(34(4,32)33)19-10-11-20(25)21(26)12-19/h6-12,15-16H,5,13-14H2,1-4H3,(H,27,31). The fraction of sp³-hybridized carbons (Fsp3) is 0.391. The fourth-order valence-electron chi connectivity index (χ4n) is 3.09. The number of hydrogen-bond donors (Lipinski definition) is 1. The van der Waals surface area contributed by atoms with E-state index in [1.54, 1.807) is 6.92 Å². The van der Waals surface area contributed by atoms with Gasteiger partial charge in [-0.3, -0.25) is 13.9 Å². The molecular weight excluding hydrogens is 471 g/mol. The molecule has 11 heteroatoms. The van der Waals surface area contributed by atoms with E-state index in [-0.39, 0.29) is 18.3 Å². The molecule has 0 fully saturated rings. The summed E-state index contributed by atoms with van der Waals surface area (Å²) < 4.78 is 65.9. The molecule has 0 saturated carbocycles. The molecule has 186 valence electrons. The number of carbonyl (C=O) groups excluding carboxylic acids is 2. The third-order valence-corrected chi connectivity index (χ3v) is 6.45. The number of halogens is 3. The Kier molecular flexibility index (Phi) is 9.08. The lowest BCUT2D eigenvalue weighted by atomic mass is 10.1. The van der Waals surface area contributed by atoms with E-state index >= 15 is 0 Å². The van der Waals surface area contributed by atoms with Crippen molar-refractivity contribution in [3.63, 3.8) is 0 Å². The summed E-state index contributed by atoms with van der Waals surface area (Å²) in [6.45, 7) is 4.30. The molecule has 0 aromatic heterocycles. The number of nitrogens with zero attached hydrogens (tertiary/aromatic N) is 2. The largest absolute Gasteiger partial charge is 0.352 e. The van der Waals surface area contributed by atoms with Crippen molar-refractivity contribution in [2.24, 2.45) is 0 Å². The molecule has 2 rings (SSSR count). The van der Waals surface area contributed by atoms with Gasteiger partial charge in [-0.25, -0.2) is 21.6 Å². The van der Waals surface area contributed by atoms with Gasteiger partial charge in [0.1, 0.15) is 18.4 Å². The van der Waals surface area contributed by atoms with Crippen LogP contribution in [0.4, 0.5) is 18.9 Å². The van der Waals surface area contributed by atoms with Crippen LogP contribution in [0.3, 0.4) is 0 Å². The van der Waals surface area contributed by atoms with Crippen LogP contribution in [0.15, 0.2) is 42.5 Å². The topological polar surface area (TPSA) is 86.8 Å². The Balaban J connectivity index is 2.39. The second-order valence-electron chi connectivity index (χ2n) is 8.01. The van der Waals surface area contributed by atoms with Crippen molar-refractivity contribution in [3.05, 3.63) is 65.5 Å². The van der Waals surface area contributed by atoms with Crippen LogP contribution in [0.1, 0.15) is 32.8 Å². The van der Waals surface area contributed by atoms with Gasteiger partial charge in [0, 0.05) is 18.7 Å². The van der Waals surface area contributed by atoms with Crippen molar-refractivity contribution in [1.29, 1.82) is 0 Å². The van der Waals surface area contributed by atoms with Crippen molar-refractivity contribution in [2.45, 2.75) is 45.8 Å². The van der Waals surface area contributed by atoms with Gasteiger partial charge in [-0.2, -0.15) is 0 Å². The summed E-state index contributed by atoms with van der Waals surface area (Å²) in [7, 11) is -4.08. The maximum Gasteiger partial charge on any atom is 0.244 e. The molecule has 0 heterocycles. The summed E-state index contributed by atoms with van der Waals surface area (Å²) in [6, 6.07) is 6.59. The first-order valence-corrected chi connectivity index (χ1v) is 12.4. The maximum atomic E-state index is 13.8. The number of nitrogens with one attached hydrogen (secondary N) is 1. The maximum absolute atomic E-state index is 13.8. The van der Waals surface area contributed by atoms with E-state index in [1.807, 2.05) is 6.92 Å². The van der Waals surface area contributed by atoms with Crippen LogP contribution in [-0.4, -0.2) is 50.0 Å². The molecule has 0 saturated heterocycles. The Labute approximate surface area is 197 Å². The smallest absolute Gasteiger partial charge is 0.244 e. The van der Waals surface area contributed by atoms with Crippen LogP contribution >= 0.6 is 0 Å². The fourth-order valence-corrected chi connectivity index (χ4v) is 3.93. The van der Waals surface area contributed by atoms with Crippen LogP contribution in [0.5, 0.6) is 0 Å². The number of amides is 2. The van der Waals surface area contributed by atoms with Crippen molar-refractivity contribution in [2.75, 3.05) is 17.1 Å². The predicted molar refractivity (Wildman–Crippen MR) is 123 cm³/mol. The first-order valence-electron chi connectivity index (χ1n) is 10.6. The van der Waals surface area contributed by atoms with Crippen LogP contribution in [0.2, 0.25) is 0 Å². The van der Waals surface area contributed by atoms with E-state index in [0.717, 1.165) is 23.3 Å². The molecule has 0 bridgehead atoms. The lowest BCUT2D eigenvalue weighted by Gasteiger charge is -2.32. The highest BCUT2D eigenvalue weighted by Crippen LogP contribution is 2.21. The van der Waals surface area contributed by atoms with E-state index in [1.165, 1.54) is 31.2 Å². The summed E-state index contributed by atoms with van der Waals surface area (Å²) >= 11 is 0. The zero-order chi connectivity index (χ0) is 25.6. The molecule has 2 atom stereocenters. The number of benzene rings is 2. The highest BCUT2D eigenvalue weighted by atomic mass is 32.2. The Hall–Kier alpha value is -3.08. The molecule has 2 aromatic carbocycles. The van der Waals surface area contributed by atoms with Gasteiger partial charge in [0.05, 0.1) is 11.9 Å². The first-order chi connectivity index (χ1) is 15.8. The summed E-state index contributed by atoms with van der Waals surface area (Å²) in [4.78, 5) is 27.2. The highest BCUT2D eigenvalue weighted by Gasteiger charge is 2.30. The quantitative estimate of drug-likeness (QED) is 0.544. The van der Waals surface area contributed by atoms with E-state index in [9.17, 15) is 31.2 Å². The summed E-state index contributed by atoms with van der Waals surface area (Å²) in [5.41, 5.74) is 0.268. The van der Waals surface area contributed by atoms with Crippen molar-refractivity contribution < 1.29 is 31.2 Å². The van der Waals surface area contributed by atoms with E-state index in [2.05, 4.69) is 5.32 Å². The number of hydrogen-bond acceptors (Lipinski definition) is 4. The predicted octanol–water partition coefficient (Wildman–Crippen LogP) is 3.20. The first kappa shape index (κ1) is 27.2. The highest BCUT2D eigenvalue weighted by molar-refractivity contribution is 7.92. The minimum Gasteiger partial charge on any atom is -0.352 e. The third kappa shape index (κ3) is 7.21. The van der Waals surface area contributed by atoms with Gasteiger partial charge in [0.2, 0.25) is 21.8 Å². The SMILES string of the molecule is CCC(C)NC(=O)C(C)N(Cc1ccc(F)cc1)C(=O)CN(c1ccc(F)c(F)c1)S(C)(=O)=O. The van der Waals surface area contributed by atoms with Crippen LogP contribution < -0.4 is 9.62 Å². The molecule has 34 heavy (non-hydrogen) atoms. The molecule has 0 aliphatic carbocycles. The molecule has 2 unspecified atom stereocenters. The zero-order valence-electron chi connectivity index (χ0n) is 19.4. The zero-order valence-corrected chi connectivity index (χ0v) is 20.2. The van der Waals surface area contributed by atoms with Crippen molar-refractivity contribution >= 4 is 27.5 Å². The third-order valence-electron chi connectivity index (χ3n) is 5.30. The van der Waals surface area contributed by atoms with E-state index < -0.39 is 51.9 Å². The molecule has 2 amide bonds. The molecule has 2 aromatic rings. The van der Waals surface area contributed by atoms with Crippen LogP contribution in [0.25, 0.3) is 0 Å². The van der Waals surface area contributed by atoms with Gasteiger partial charge in [-0.1, -0.05) is 19.1 Å². The summed E-state index contributed by atoms with van der Waals surface area (Å²) in [5, 5.41) is 2.77. The Morgan fingerprint density at radius 1 is 1.00 bits per heavy atom.